The first-order valence-electron chi connectivity index (χ1n) is 3.41. The van der Waals surface area contributed by atoms with E-state index in [0.29, 0.717) is 11.0 Å². The van der Waals surface area contributed by atoms with Gasteiger partial charge in [-0.25, -0.2) is 4.79 Å². The van der Waals surface area contributed by atoms with E-state index in [1.54, 1.807) is 0 Å². The Kier molecular flexibility index (Phi) is 1.66. The predicted molar refractivity (Wildman–Crippen MR) is 45.9 cm³/mol. The highest BCUT2D eigenvalue weighted by Gasteiger charge is 2.13. The maximum absolute atomic E-state index is 10.7. The highest BCUT2D eigenvalue weighted by atomic mass is 35.5. The van der Waals surface area contributed by atoms with Gasteiger partial charge in [-0.2, -0.15) is 5.10 Å². The standard InChI is InChI=1S/C7H4ClN3O2/c8-4-2-10-11-6-5(4)3(1-9-6)7(12)13/h1-2H,(H,9,11)(H,12,13). The van der Waals surface area contributed by atoms with Crippen LogP contribution in [0.1, 0.15) is 10.4 Å². The molecule has 2 rings (SSSR count). The highest BCUT2D eigenvalue weighted by molar-refractivity contribution is 6.36. The van der Waals surface area contributed by atoms with E-state index in [-0.39, 0.29) is 10.6 Å². The zero-order valence-electron chi connectivity index (χ0n) is 6.28. The molecule has 0 unspecified atom stereocenters. The zero-order valence-corrected chi connectivity index (χ0v) is 7.04. The first-order chi connectivity index (χ1) is 6.20. The van der Waals surface area contributed by atoms with Gasteiger partial charge in [0, 0.05) is 6.20 Å². The van der Waals surface area contributed by atoms with Gasteiger partial charge >= 0.3 is 5.97 Å². The number of nitrogens with one attached hydrogen (secondary N) is 1. The van der Waals surface area contributed by atoms with Crippen LogP contribution in [0.25, 0.3) is 11.0 Å². The number of carbonyl (C=O) groups is 1. The van der Waals surface area contributed by atoms with Crippen molar-refractivity contribution in [2.75, 3.05) is 0 Å². The summed E-state index contributed by atoms with van der Waals surface area (Å²) in [5.74, 6) is -1.04. The largest absolute Gasteiger partial charge is 0.478 e. The van der Waals surface area contributed by atoms with Crippen LogP contribution >= 0.6 is 11.6 Å². The second kappa shape index (κ2) is 2.70. The van der Waals surface area contributed by atoms with Crippen LogP contribution in [0.3, 0.4) is 0 Å². The summed E-state index contributed by atoms with van der Waals surface area (Å²) in [5.41, 5.74) is 0.486. The minimum absolute atomic E-state index is 0.106. The molecule has 2 aromatic heterocycles. The molecule has 5 nitrogen and oxygen atoms in total. The summed E-state index contributed by atoms with van der Waals surface area (Å²) in [6, 6.07) is 0. The number of nitrogens with zero attached hydrogens (tertiary/aromatic N) is 2. The number of carboxylic acids is 1. The molecule has 0 atom stereocenters. The van der Waals surface area contributed by atoms with Crippen molar-refractivity contribution in [1.82, 2.24) is 15.2 Å². The third-order valence-corrected chi connectivity index (χ3v) is 1.94. The molecule has 0 spiro atoms. The number of carboxylic acid groups (broad SMARTS) is 1. The molecule has 13 heavy (non-hydrogen) atoms. The van der Waals surface area contributed by atoms with Crippen LogP contribution in [0, 0.1) is 0 Å². The number of aromatic carboxylic acids is 1. The predicted octanol–water partition coefficient (Wildman–Crippen LogP) is 1.31. The van der Waals surface area contributed by atoms with Gasteiger partial charge in [-0.1, -0.05) is 11.6 Å². The molecular weight excluding hydrogens is 194 g/mol. The van der Waals surface area contributed by atoms with E-state index in [0.717, 1.165) is 0 Å². The van der Waals surface area contributed by atoms with Crippen molar-refractivity contribution in [2.24, 2.45) is 0 Å². The average Bonchev–Trinajstić information content (AvgIpc) is 2.49. The second-order valence-electron chi connectivity index (χ2n) is 2.42. The molecule has 6 heteroatoms. The molecule has 0 aliphatic rings. The van der Waals surface area contributed by atoms with Crippen LogP contribution in [-0.4, -0.2) is 26.3 Å². The maximum Gasteiger partial charge on any atom is 0.337 e. The van der Waals surface area contributed by atoms with E-state index in [1.807, 2.05) is 0 Å². The Labute approximate surface area is 77.4 Å². The van der Waals surface area contributed by atoms with E-state index >= 15 is 0 Å². The van der Waals surface area contributed by atoms with E-state index in [9.17, 15) is 4.79 Å². The van der Waals surface area contributed by atoms with Crippen molar-refractivity contribution >= 4 is 28.6 Å². The number of hydrogen-bond acceptors (Lipinski definition) is 3. The van der Waals surface area contributed by atoms with Crippen LogP contribution in [-0.2, 0) is 0 Å². The van der Waals surface area contributed by atoms with Crippen LogP contribution < -0.4 is 0 Å². The van der Waals surface area contributed by atoms with E-state index in [2.05, 4.69) is 15.2 Å². The number of aromatic amines is 1. The lowest BCUT2D eigenvalue weighted by Gasteiger charge is -1.92. The fourth-order valence-corrected chi connectivity index (χ4v) is 1.34. The molecule has 66 valence electrons. The molecule has 2 heterocycles. The second-order valence-corrected chi connectivity index (χ2v) is 2.83. The van der Waals surface area contributed by atoms with Gasteiger partial charge in [0.25, 0.3) is 0 Å². The molecule has 2 N–H and O–H groups in total. The van der Waals surface area contributed by atoms with Crippen molar-refractivity contribution in [1.29, 1.82) is 0 Å². The smallest absolute Gasteiger partial charge is 0.337 e. The number of aromatic nitrogens is 3. The Bertz CT molecular complexity index is 480. The number of halogens is 1. The van der Waals surface area contributed by atoms with Crippen molar-refractivity contribution < 1.29 is 9.90 Å². The third-order valence-electron chi connectivity index (χ3n) is 1.66. The Morgan fingerprint density at radius 2 is 2.38 bits per heavy atom. The average molecular weight is 198 g/mol. The molecule has 0 aromatic carbocycles. The number of H-pyrrole nitrogens is 1. The van der Waals surface area contributed by atoms with Crippen LogP contribution in [0.4, 0.5) is 0 Å². The van der Waals surface area contributed by atoms with Gasteiger partial charge in [0.1, 0.15) is 0 Å². The molecule has 0 saturated heterocycles. The molecule has 0 aliphatic heterocycles. The minimum Gasteiger partial charge on any atom is -0.478 e. The Morgan fingerprint density at radius 1 is 1.62 bits per heavy atom. The van der Waals surface area contributed by atoms with Crippen molar-refractivity contribution in [3.8, 4) is 0 Å². The zero-order chi connectivity index (χ0) is 9.42. The van der Waals surface area contributed by atoms with Crippen LogP contribution in [0.15, 0.2) is 12.4 Å². The summed E-state index contributed by atoms with van der Waals surface area (Å²) in [6.45, 7) is 0. The summed E-state index contributed by atoms with van der Waals surface area (Å²) in [7, 11) is 0. The van der Waals surface area contributed by atoms with Crippen LogP contribution in [0.2, 0.25) is 5.02 Å². The SMILES string of the molecule is O=C(O)c1c[nH]c2nncc(Cl)c12. The summed E-state index contributed by atoms with van der Waals surface area (Å²) >= 11 is 5.76. The summed E-state index contributed by atoms with van der Waals surface area (Å²) in [6.07, 6.45) is 2.65. The summed E-state index contributed by atoms with van der Waals surface area (Å²) in [5, 5.41) is 16.7. The molecule has 0 aliphatic carbocycles. The van der Waals surface area contributed by atoms with Gasteiger partial charge < -0.3 is 10.1 Å². The first kappa shape index (κ1) is 8.00. The van der Waals surface area contributed by atoms with Crippen molar-refractivity contribution in [3.63, 3.8) is 0 Å². The van der Waals surface area contributed by atoms with Crippen molar-refractivity contribution in [2.45, 2.75) is 0 Å². The van der Waals surface area contributed by atoms with Gasteiger partial charge in [-0.3, -0.25) is 0 Å². The quantitative estimate of drug-likeness (QED) is 0.723. The van der Waals surface area contributed by atoms with Crippen LogP contribution in [0.5, 0.6) is 0 Å². The lowest BCUT2D eigenvalue weighted by molar-refractivity contribution is 0.0699. The summed E-state index contributed by atoms with van der Waals surface area (Å²) < 4.78 is 0. The molecular formula is C7H4ClN3O2. The number of fused-ring (bicyclic) bond motifs is 1. The van der Waals surface area contributed by atoms with Gasteiger partial charge in [0.05, 0.1) is 22.2 Å². The van der Waals surface area contributed by atoms with Gasteiger partial charge in [0.2, 0.25) is 0 Å². The Balaban J connectivity index is 2.86. The van der Waals surface area contributed by atoms with Gasteiger partial charge in [0.15, 0.2) is 5.65 Å². The molecule has 0 amide bonds. The number of hydrogen-bond donors (Lipinski definition) is 2. The normalized spacial score (nSPS) is 10.5. The van der Waals surface area contributed by atoms with E-state index < -0.39 is 5.97 Å². The lowest BCUT2D eigenvalue weighted by Crippen LogP contribution is -1.94. The number of rotatable bonds is 1. The molecule has 2 aromatic rings. The molecule has 0 bridgehead atoms. The maximum atomic E-state index is 10.7. The topological polar surface area (TPSA) is 78.9 Å². The van der Waals surface area contributed by atoms with Gasteiger partial charge in [-0.15, -0.1) is 5.10 Å². The fourth-order valence-electron chi connectivity index (χ4n) is 1.10. The molecule has 0 fully saturated rings. The van der Waals surface area contributed by atoms with Gasteiger partial charge in [-0.05, 0) is 0 Å². The fraction of sp³-hybridized carbons (Fsp3) is 0. The Morgan fingerprint density at radius 3 is 3.08 bits per heavy atom. The molecule has 0 radical (unpaired) electrons. The monoisotopic (exact) mass is 197 g/mol. The minimum atomic E-state index is -1.04. The molecule has 0 saturated carbocycles. The van der Waals surface area contributed by atoms with E-state index in [4.69, 9.17) is 16.7 Å². The summed E-state index contributed by atoms with van der Waals surface area (Å²) in [4.78, 5) is 13.4. The Hall–Kier alpha value is -1.62. The first-order valence-corrected chi connectivity index (χ1v) is 3.79. The highest BCUT2D eigenvalue weighted by Crippen LogP contribution is 2.23. The lowest BCUT2D eigenvalue weighted by atomic mass is 10.2. The van der Waals surface area contributed by atoms with E-state index in [1.165, 1.54) is 12.4 Å². The third kappa shape index (κ3) is 1.13. The van der Waals surface area contributed by atoms with Crippen molar-refractivity contribution in [3.05, 3.63) is 23.0 Å².